The van der Waals surface area contributed by atoms with Crippen LogP contribution in [-0.2, 0) is 20.7 Å². The fourth-order valence-corrected chi connectivity index (χ4v) is 2.51. The average molecular weight is 332 g/mol. The third-order valence-electron chi connectivity index (χ3n) is 2.92. The summed E-state index contributed by atoms with van der Waals surface area (Å²) < 4.78 is 15.1. The van der Waals surface area contributed by atoms with E-state index < -0.39 is 5.97 Å². The molecule has 0 radical (unpaired) electrons. The molecule has 6 heteroatoms. The second kappa shape index (κ2) is 8.14. The minimum atomic E-state index is -0.449. The minimum absolute atomic E-state index is 0.213. The van der Waals surface area contributed by atoms with Crippen molar-refractivity contribution in [1.29, 1.82) is 0 Å². The highest BCUT2D eigenvalue weighted by molar-refractivity contribution is 7.10. The van der Waals surface area contributed by atoms with Crippen LogP contribution in [0.5, 0.6) is 11.5 Å². The molecule has 2 aromatic rings. The van der Waals surface area contributed by atoms with Gasteiger partial charge in [-0.1, -0.05) is 12.1 Å². The number of thiophene rings is 1. The van der Waals surface area contributed by atoms with Gasteiger partial charge in [-0.2, -0.15) is 0 Å². The number of ether oxygens (including phenoxy) is 3. The van der Waals surface area contributed by atoms with Crippen LogP contribution >= 0.6 is 11.3 Å². The number of hydrogen-bond donors (Lipinski definition) is 0. The second-order valence-corrected chi connectivity index (χ2v) is 5.53. The zero-order valence-electron chi connectivity index (χ0n) is 12.8. The second-order valence-electron chi connectivity index (χ2n) is 4.50. The lowest BCUT2D eigenvalue weighted by Crippen LogP contribution is -2.11. The number of esters is 2. The van der Waals surface area contributed by atoms with Gasteiger partial charge in [0.2, 0.25) is 0 Å². The topological polar surface area (TPSA) is 61.8 Å². The van der Waals surface area contributed by atoms with Gasteiger partial charge in [0, 0.05) is 11.0 Å². The van der Waals surface area contributed by atoms with Gasteiger partial charge in [-0.15, -0.1) is 11.3 Å². The highest BCUT2D eigenvalue weighted by Gasteiger charge is 2.11. The van der Waals surface area contributed by atoms with E-state index in [0.717, 1.165) is 10.4 Å². The van der Waals surface area contributed by atoms with Crippen molar-refractivity contribution in [2.75, 3.05) is 14.2 Å². The molecule has 0 saturated carbocycles. The standard InChI is InChI=1S/C17H16O5S/c1-20-15-10-12(6-8-16(18)21-2)5-7-14(15)22-17(19)11-13-4-3-9-23-13/h3-10H,11H2,1-2H3/b8-6+. The van der Waals surface area contributed by atoms with Crippen molar-refractivity contribution in [2.45, 2.75) is 6.42 Å². The Labute approximate surface area is 138 Å². The summed E-state index contributed by atoms with van der Waals surface area (Å²) in [6, 6.07) is 8.78. The van der Waals surface area contributed by atoms with Crippen molar-refractivity contribution >= 4 is 29.4 Å². The third-order valence-corrected chi connectivity index (χ3v) is 3.80. The smallest absolute Gasteiger partial charge is 0.330 e. The molecule has 0 atom stereocenters. The van der Waals surface area contributed by atoms with Crippen LogP contribution in [0.25, 0.3) is 6.08 Å². The maximum absolute atomic E-state index is 11.9. The van der Waals surface area contributed by atoms with E-state index in [-0.39, 0.29) is 12.4 Å². The largest absolute Gasteiger partial charge is 0.493 e. The molecule has 0 aliphatic rings. The normalized spacial score (nSPS) is 10.5. The Balaban J connectivity index is 2.08. The number of carbonyl (C=O) groups is 2. The Hall–Kier alpha value is -2.60. The highest BCUT2D eigenvalue weighted by atomic mass is 32.1. The minimum Gasteiger partial charge on any atom is -0.493 e. The maximum atomic E-state index is 11.9. The van der Waals surface area contributed by atoms with Crippen LogP contribution in [-0.4, -0.2) is 26.2 Å². The first-order valence-electron chi connectivity index (χ1n) is 6.79. The van der Waals surface area contributed by atoms with Crippen LogP contribution in [0.4, 0.5) is 0 Å². The fraction of sp³-hybridized carbons (Fsp3) is 0.176. The fourth-order valence-electron chi connectivity index (χ4n) is 1.82. The van der Waals surface area contributed by atoms with Gasteiger partial charge in [0.05, 0.1) is 20.6 Å². The van der Waals surface area contributed by atoms with Gasteiger partial charge in [-0.05, 0) is 35.2 Å². The van der Waals surface area contributed by atoms with E-state index in [1.54, 1.807) is 24.3 Å². The molecule has 0 bridgehead atoms. The number of carbonyl (C=O) groups excluding carboxylic acids is 2. The van der Waals surface area contributed by atoms with E-state index in [4.69, 9.17) is 9.47 Å². The Kier molecular flexibility index (Phi) is 5.94. The van der Waals surface area contributed by atoms with E-state index in [0.29, 0.717) is 11.5 Å². The Morgan fingerprint density at radius 3 is 2.65 bits per heavy atom. The molecule has 2 rings (SSSR count). The van der Waals surface area contributed by atoms with E-state index in [1.807, 2.05) is 17.5 Å². The summed E-state index contributed by atoms with van der Waals surface area (Å²) in [6.07, 6.45) is 3.10. The first-order chi connectivity index (χ1) is 11.1. The van der Waals surface area contributed by atoms with Crippen molar-refractivity contribution < 1.29 is 23.8 Å². The zero-order valence-corrected chi connectivity index (χ0v) is 13.6. The van der Waals surface area contributed by atoms with Crippen LogP contribution < -0.4 is 9.47 Å². The summed E-state index contributed by atoms with van der Waals surface area (Å²) in [4.78, 5) is 24.0. The molecule has 120 valence electrons. The lowest BCUT2D eigenvalue weighted by atomic mass is 10.2. The van der Waals surface area contributed by atoms with Gasteiger partial charge in [0.1, 0.15) is 0 Å². The molecule has 1 aromatic heterocycles. The molecule has 5 nitrogen and oxygen atoms in total. The summed E-state index contributed by atoms with van der Waals surface area (Å²) in [5.41, 5.74) is 0.727. The van der Waals surface area contributed by atoms with E-state index >= 15 is 0 Å². The molecule has 0 aliphatic heterocycles. The molecule has 0 amide bonds. The molecule has 0 fully saturated rings. The van der Waals surface area contributed by atoms with Crippen molar-refractivity contribution in [3.63, 3.8) is 0 Å². The van der Waals surface area contributed by atoms with Gasteiger partial charge in [0.15, 0.2) is 11.5 Å². The molecular formula is C17H16O5S. The molecule has 23 heavy (non-hydrogen) atoms. The quantitative estimate of drug-likeness (QED) is 0.462. The number of benzene rings is 1. The van der Waals surface area contributed by atoms with Crippen LogP contribution in [0, 0.1) is 0 Å². The Morgan fingerprint density at radius 2 is 2.00 bits per heavy atom. The Morgan fingerprint density at radius 1 is 1.17 bits per heavy atom. The monoisotopic (exact) mass is 332 g/mol. The summed E-state index contributed by atoms with van der Waals surface area (Å²) in [6.45, 7) is 0. The molecule has 0 N–H and O–H groups in total. The van der Waals surface area contributed by atoms with E-state index in [2.05, 4.69) is 4.74 Å². The first kappa shape index (κ1) is 16.8. The first-order valence-corrected chi connectivity index (χ1v) is 7.67. The van der Waals surface area contributed by atoms with Gasteiger partial charge in [-0.25, -0.2) is 4.79 Å². The molecule has 0 saturated heterocycles. The van der Waals surface area contributed by atoms with Gasteiger partial charge < -0.3 is 14.2 Å². The van der Waals surface area contributed by atoms with Gasteiger partial charge in [-0.3, -0.25) is 4.79 Å². The maximum Gasteiger partial charge on any atom is 0.330 e. The van der Waals surface area contributed by atoms with Gasteiger partial charge >= 0.3 is 11.9 Å². The van der Waals surface area contributed by atoms with Crippen LogP contribution in [0.1, 0.15) is 10.4 Å². The van der Waals surface area contributed by atoms with Crippen molar-refractivity contribution in [2.24, 2.45) is 0 Å². The van der Waals surface area contributed by atoms with Crippen molar-refractivity contribution in [3.8, 4) is 11.5 Å². The molecule has 0 spiro atoms. The van der Waals surface area contributed by atoms with E-state index in [1.165, 1.54) is 31.6 Å². The van der Waals surface area contributed by atoms with Crippen LogP contribution in [0.15, 0.2) is 41.8 Å². The van der Waals surface area contributed by atoms with Crippen LogP contribution in [0.3, 0.4) is 0 Å². The molecule has 1 aromatic carbocycles. The summed E-state index contributed by atoms with van der Waals surface area (Å²) in [5.74, 6) is -0.0557. The SMILES string of the molecule is COC(=O)/C=C/c1ccc(OC(=O)Cc2cccs2)c(OC)c1. The average Bonchev–Trinajstić information content (AvgIpc) is 3.06. The van der Waals surface area contributed by atoms with Gasteiger partial charge in [0.25, 0.3) is 0 Å². The molecule has 0 unspecified atom stereocenters. The third kappa shape index (κ3) is 4.96. The van der Waals surface area contributed by atoms with Crippen molar-refractivity contribution in [3.05, 3.63) is 52.2 Å². The molecule has 0 aliphatic carbocycles. The summed E-state index contributed by atoms with van der Waals surface area (Å²) >= 11 is 1.50. The number of hydrogen-bond acceptors (Lipinski definition) is 6. The van der Waals surface area contributed by atoms with Crippen molar-refractivity contribution in [1.82, 2.24) is 0 Å². The number of methoxy groups -OCH3 is 2. The molecular weight excluding hydrogens is 316 g/mol. The number of rotatable bonds is 6. The Bertz CT molecular complexity index is 704. The summed E-state index contributed by atoms with van der Waals surface area (Å²) in [5, 5.41) is 1.91. The molecule has 1 heterocycles. The lowest BCUT2D eigenvalue weighted by Gasteiger charge is -2.09. The predicted octanol–water partition coefficient (Wildman–Crippen LogP) is 3.09. The summed E-state index contributed by atoms with van der Waals surface area (Å²) in [7, 11) is 2.79. The zero-order chi connectivity index (χ0) is 16.7. The highest BCUT2D eigenvalue weighted by Crippen LogP contribution is 2.29. The lowest BCUT2D eigenvalue weighted by molar-refractivity contribution is -0.135. The van der Waals surface area contributed by atoms with E-state index in [9.17, 15) is 9.59 Å². The van der Waals surface area contributed by atoms with Crippen LogP contribution in [0.2, 0.25) is 0 Å². The predicted molar refractivity (Wildman–Crippen MR) is 87.7 cm³/mol.